The second-order valence-corrected chi connectivity index (χ2v) is 6.17. The second-order valence-electron chi connectivity index (χ2n) is 5.31. The van der Waals surface area contributed by atoms with Crippen LogP contribution in [0.15, 0.2) is 46.9 Å². The van der Waals surface area contributed by atoms with Crippen LogP contribution in [0.2, 0.25) is 0 Å². The van der Waals surface area contributed by atoms with Crippen LogP contribution < -0.4 is 10.1 Å². The molecule has 0 amide bonds. The summed E-state index contributed by atoms with van der Waals surface area (Å²) in [4.78, 5) is 0. The van der Waals surface area contributed by atoms with Crippen molar-refractivity contribution < 1.29 is 4.74 Å². The largest absolute Gasteiger partial charge is 0.457 e. The zero-order valence-corrected chi connectivity index (χ0v) is 13.1. The fourth-order valence-electron chi connectivity index (χ4n) is 2.04. The minimum atomic E-state index is 0.747. The normalized spacial score (nSPS) is 14.3. The van der Waals surface area contributed by atoms with Gasteiger partial charge < -0.3 is 10.1 Å². The molecule has 0 unspecified atom stereocenters. The molecule has 2 aromatic rings. The number of ether oxygens (including phenoxy) is 1. The Morgan fingerprint density at radius 2 is 1.80 bits per heavy atom. The maximum atomic E-state index is 5.87. The van der Waals surface area contributed by atoms with E-state index in [0.29, 0.717) is 0 Å². The van der Waals surface area contributed by atoms with Crippen LogP contribution in [0.4, 0.5) is 0 Å². The van der Waals surface area contributed by atoms with E-state index in [1.807, 2.05) is 30.3 Å². The maximum absolute atomic E-state index is 5.87. The highest BCUT2D eigenvalue weighted by Crippen LogP contribution is 2.26. The van der Waals surface area contributed by atoms with Gasteiger partial charge in [0.05, 0.1) is 0 Å². The van der Waals surface area contributed by atoms with Crippen molar-refractivity contribution >= 4 is 15.9 Å². The van der Waals surface area contributed by atoms with Gasteiger partial charge in [-0.05, 0) is 61.2 Å². The molecule has 1 aliphatic rings. The molecular formula is C17H18BrNO. The van der Waals surface area contributed by atoms with E-state index in [1.165, 1.54) is 24.0 Å². The molecule has 2 aromatic carbocycles. The predicted octanol–water partition coefficient (Wildman–Crippen LogP) is 4.80. The quantitative estimate of drug-likeness (QED) is 0.849. The molecule has 1 aliphatic carbocycles. The van der Waals surface area contributed by atoms with E-state index >= 15 is 0 Å². The summed E-state index contributed by atoms with van der Waals surface area (Å²) >= 11 is 3.50. The van der Waals surface area contributed by atoms with Crippen LogP contribution in [0.3, 0.4) is 0 Å². The van der Waals surface area contributed by atoms with Crippen molar-refractivity contribution in [2.24, 2.45) is 0 Å². The first-order chi connectivity index (χ1) is 9.70. The van der Waals surface area contributed by atoms with E-state index < -0.39 is 0 Å². The molecule has 1 saturated carbocycles. The minimum Gasteiger partial charge on any atom is -0.457 e. The fraction of sp³-hybridized carbons (Fsp3) is 0.294. The Balaban J connectivity index is 1.62. The topological polar surface area (TPSA) is 21.3 Å². The minimum absolute atomic E-state index is 0.747. The monoisotopic (exact) mass is 331 g/mol. The molecule has 3 heteroatoms. The van der Waals surface area contributed by atoms with Crippen molar-refractivity contribution in [3.63, 3.8) is 0 Å². The third kappa shape index (κ3) is 3.62. The van der Waals surface area contributed by atoms with Gasteiger partial charge in [0.25, 0.3) is 0 Å². The molecule has 0 saturated heterocycles. The molecule has 104 valence electrons. The third-order valence-corrected chi connectivity index (χ3v) is 4.35. The summed E-state index contributed by atoms with van der Waals surface area (Å²) in [7, 11) is 0. The molecule has 1 N–H and O–H groups in total. The van der Waals surface area contributed by atoms with Gasteiger partial charge in [-0.25, -0.2) is 0 Å². The SMILES string of the molecule is Cc1cc(Oc2ccc(CNC3CC3)cc2)ccc1Br. The summed E-state index contributed by atoms with van der Waals surface area (Å²) in [5, 5.41) is 3.51. The lowest BCUT2D eigenvalue weighted by atomic mass is 10.2. The molecule has 0 aromatic heterocycles. The number of halogens is 1. The Morgan fingerprint density at radius 3 is 2.45 bits per heavy atom. The Bertz CT molecular complexity index is 590. The zero-order chi connectivity index (χ0) is 13.9. The summed E-state index contributed by atoms with van der Waals surface area (Å²) in [6.07, 6.45) is 2.65. The van der Waals surface area contributed by atoms with Gasteiger partial charge in [-0.15, -0.1) is 0 Å². The number of benzene rings is 2. The first kappa shape index (κ1) is 13.7. The fourth-order valence-corrected chi connectivity index (χ4v) is 2.29. The summed E-state index contributed by atoms with van der Waals surface area (Å²) in [5.74, 6) is 1.75. The van der Waals surface area contributed by atoms with Crippen LogP contribution in [0.5, 0.6) is 11.5 Å². The zero-order valence-electron chi connectivity index (χ0n) is 11.5. The summed E-state index contributed by atoms with van der Waals surface area (Å²) in [6, 6.07) is 15.1. The van der Waals surface area contributed by atoms with Gasteiger partial charge >= 0.3 is 0 Å². The van der Waals surface area contributed by atoms with Crippen LogP contribution in [0.1, 0.15) is 24.0 Å². The number of hydrogen-bond donors (Lipinski definition) is 1. The van der Waals surface area contributed by atoms with Gasteiger partial charge in [0.15, 0.2) is 0 Å². The van der Waals surface area contributed by atoms with Crippen molar-refractivity contribution in [2.75, 3.05) is 0 Å². The van der Waals surface area contributed by atoms with E-state index in [-0.39, 0.29) is 0 Å². The summed E-state index contributed by atoms with van der Waals surface area (Å²) in [5.41, 5.74) is 2.48. The average Bonchev–Trinajstić information content (AvgIpc) is 3.26. The molecule has 1 fully saturated rings. The van der Waals surface area contributed by atoms with Crippen molar-refractivity contribution in [2.45, 2.75) is 32.4 Å². The number of hydrogen-bond acceptors (Lipinski definition) is 2. The first-order valence-corrected chi connectivity index (χ1v) is 7.76. The molecule has 20 heavy (non-hydrogen) atoms. The Kier molecular flexibility index (Phi) is 4.08. The summed E-state index contributed by atoms with van der Waals surface area (Å²) < 4.78 is 6.97. The second kappa shape index (κ2) is 5.98. The Labute approximate surface area is 128 Å². The molecule has 0 heterocycles. The number of aryl methyl sites for hydroxylation is 1. The lowest BCUT2D eigenvalue weighted by molar-refractivity contribution is 0.482. The lowest BCUT2D eigenvalue weighted by Gasteiger charge is -2.08. The van der Waals surface area contributed by atoms with Gasteiger partial charge in [0, 0.05) is 17.1 Å². The molecule has 3 rings (SSSR count). The van der Waals surface area contributed by atoms with Crippen LogP contribution in [0, 0.1) is 6.92 Å². The average molecular weight is 332 g/mol. The van der Waals surface area contributed by atoms with Gasteiger partial charge in [-0.1, -0.05) is 28.1 Å². The van der Waals surface area contributed by atoms with E-state index in [2.05, 4.69) is 40.3 Å². The van der Waals surface area contributed by atoms with E-state index in [0.717, 1.165) is 28.6 Å². The van der Waals surface area contributed by atoms with Crippen molar-refractivity contribution in [1.82, 2.24) is 5.32 Å². The van der Waals surface area contributed by atoms with Gasteiger partial charge in [-0.3, -0.25) is 0 Å². The Morgan fingerprint density at radius 1 is 1.10 bits per heavy atom. The van der Waals surface area contributed by atoms with Crippen molar-refractivity contribution in [3.8, 4) is 11.5 Å². The third-order valence-electron chi connectivity index (χ3n) is 3.46. The highest BCUT2D eigenvalue weighted by atomic mass is 79.9. The highest BCUT2D eigenvalue weighted by Gasteiger charge is 2.19. The van der Waals surface area contributed by atoms with Gasteiger partial charge in [-0.2, -0.15) is 0 Å². The van der Waals surface area contributed by atoms with E-state index in [4.69, 9.17) is 4.74 Å². The predicted molar refractivity (Wildman–Crippen MR) is 85.3 cm³/mol. The van der Waals surface area contributed by atoms with Crippen LogP contribution >= 0.6 is 15.9 Å². The van der Waals surface area contributed by atoms with Crippen LogP contribution in [0.25, 0.3) is 0 Å². The van der Waals surface area contributed by atoms with E-state index in [9.17, 15) is 0 Å². The molecule has 0 atom stereocenters. The van der Waals surface area contributed by atoms with Gasteiger partial charge in [0.2, 0.25) is 0 Å². The molecule has 0 aliphatic heterocycles. The summed E-state index contributed by atoms with van der Waals surface area (Å²) in [6.45, 7) is 3.01. The van der Waals surface area contributed by atoms with Crippen molar-refractivity contribution in [3.05, 3.63) is 58.1 Å². The van der Waals surface area contributed by atoms with E-state index in [1.54, 1.807) is 0 Å². The van der Waals surface area contributed by atoms with Crippen molar-refractivity contribution in [1.29, 1.82) is 0 Å². The smallest absolute Gasteiger partial charge is 0.127 e. The molecule has 0 spiro atoms. The van der Waals surface area contributed by atoms with Crippen LogP contribution in [-0.4, -0.2) is 6.04 Å². The Hall–Kier alpha value is -1.32. The maximum Gasteiger partial charge on any atom is 0.127 e. The number of rotatable bonds is 5. The first-order valence-electron chi connectivity index (χ1n) is 6.97. The highest BCUT2D eigenvalue weighted by molar-refractivity contribution is 9.10. The molecule has 0 bridgehead atoms. The van der Waals surface area contributed by atoms with Crippen LogP contribution in [-0.2, 0) is 6.54 Å². The number of nitrogens with one attached hydrogen (secondary N) is 1. The van der Waals surface area contributed by atoms with Gasteiger partial charge in [0.1, 0.15) is 11.5 Å². The lowest BCUT2D eigenvalue weighted by Crippen LogP contribution is -2.14. The molecule has 0 radical (unpaired) electrons. The molecule has 2 nitrogen and oxygen atoms in total. The molecular weight excluding hydrogens is 314 g/mol. The standard InChI is InChI=1S/C17H18BrNO/c1-12-10-16(8-9-17(12)18)20-15-6-2-13(3-7-15)11-19-14-4-5-14/h2-3,6-10,14,19H,4-5,11H2,1H3.